The van der Waals surface area contributed by atoms with Crippen LogP contribution in [0.15, 0.2) is 75.0 Å². The number of allylic oxidation sites excluding steroid dienone is 4. The minimum atomic E-state index is -1.21. The van der Waals surface area contributed by atoms with E-state index in [1.807, 2.05) is 31.4 Å². The molecule has 3 N–H and O–H groups in total. The predicted octanol–water partition coefficient (Wildman–Crippen LogP) is 4.18. The Morgan fingerprint density at radius 2 is 1.96 bits per heavy atom. The first-order valence-corrected chi connectivity index (χ1v) is 8.11. The molecule has 0 saturated carbocycles. The summed E-state index contributed by atoms with van der Waals surface area (Å²) in [6.07, 6.45) is 7.58. The normalized spacial score (nSPS) is 27.0. The molecule has 0 spiro atoms. The van der Waals surface area contributed by atoms with Crippen molar-refractivity contribution in [2.24, 2.45) is 10.7 Å². The summed E-state index contributed by atoms with van der Waals surface area (Å²) in [5, 5.41) is 3.11. The highest BCUT2D eigenvalue weighted by Gasteiger charge is 2.37. The number of dihydropyridines is 2. The fourth-order valence-electron chi connectivity index (χ4n) is 2.49. The molecule has 2 aliphatic rings. The number of benzene rings is 1. The molecular formula is C17H14BrClFN3. The maximum atomic E-state index is 13.3. The van der Waals surface area contributed by atoms with Crippen LogP contribution in [0.4, 0.5) is 4.39 Å². The second-order valence-electron chi connectivity index (χ2n) is 5.29. The van der Waals surface area contributed by atoms with Crippen molar-refractivity contribution in [3.05, 3.63) is 81.4 Å². The van der Waals surface area contributed by atoms with Crippen LogP contribution in [0, 0.1) is 5.82 Å². The summed E-state index contributed by atoms with van der Waals surface area (Å²) in [7, 11) is 0. The highest BCUT2D eigenvalue weighted by atomic mass is 79.9. The zero-order chi connectivity index (χ0) is 16.6. The van der Waals surface area contributed by atoms with Crippen molar-refractivity contribution in [3.8, 4) is 0 Å². The molecule has 1 unspecified atom stereocenters. The van der Waals surface area contributed by atoms with Crippen molar-refractivity contribution in [2.45, 2.75) is 11.9 Å². The summed E-state index contributed by atoms with van der Waals surface area (Å²) < 4.78 is 13.9. The van der Waals surface area contributed by atoms with Crippen LogP contribution in [-0.2, 0) is 5.00 Å². The van der Waals surface area contributed by atoms with Crippen LogP contribution in [0.1, 0.15) is 12.5 Å². The monoisotopic (exact) mass is 393 g/mol. The highest BCUT2D eigenvalue weighted by molar-refractivity contribution is 9.12. The average Bonchev–Trinajstić information content (AvgIpc) is 2.51. The fraction of sp³-hybridized carbons (Fsp3) is 0.118. The Balaban J connectivity index is 2.23. The lowest BCUT2D eigenvalue weighted by Gasteiger charge is -2.30. The van der Waals surface area contributed by atoms with Gasteiger partial charge in [0.25, 0.3) is 0 Å². The van der Waals surface area contributed by atoms with Gasteiger partial charge in [0.1, 0.15) is 11.7 Å². The zero-order valence-electron chi connectivity index (χ0n) is 12.3. The molecule has 2 aliphatic heterocycles. The second-order valence-corrected chi connectivity index (χ2v) is 6.69. The van der Waals surface area contributed by atoms with Crippen LogP contribution >= 0.6 is 27.5 Å². The van der Waals surface area contributed by atoms with E-state index in [4.69, 9.17) is 17.3 Å². The van der Waals surface area contributed by atoms with Crippen molar-refractivity contribution in [1.82, 2.24) is 5.32 Å². The predicted molar refractivity (Wildman–Crippen MR) is 95.6 cm³/mol. The van der Waals surface area contributed by atoms with E-state index in [-0.39, 0.29) is 5.82 Å². The van der Waals surface area contributed by atoms with Crippen molar-refractivity contribution in [1.29, 1.82) is 0 Å². The second kappa shape index (κ2) is 5.98. The molecule has 0 bridgehead atoms. The first kappa shape index (κ1) is 16.0. The molecule has 1 aromatic carbocycles. The number of alkyl halides is 1. The van der Waals surface area contributed by atoms with Gasteiger partial charge >= 0.3 is 0 Å². The summed E-state index contributed by atoms with van der Waals surface area (Å²) in [5.41, 5.74) is 9.27. The van der Waals surface area contributed by atoms with Crippen LogP contribution in [0.25, 0.3) is 0 Å². The lowest BCUT2D eigenvalue weighted by atomic mass is 9.90. The molecule has 0 radical (unpaired) electrons. The van der Waals surface area contributed by atoms with Gasteiger partial charge in [0.15, 0.2) is 5.00 Å². The molecule has 6 heteroatoms. The molecule has 23 heavy (non-hydrogen) atoms. The standard InChI is InChI=1S/C17H14BrClFN3/c1-10-8-11(6-7-22-10)14-9-15(18)16(21)23-17(14,19)12-2-4-13(20)5-3-12/h2-9,22H,1H3,(H2,21,23). The Hall–Kier alpha value is -1.85. The quantitative estimate of drug-likeness (QED) is 0.554. The first-order chi connectivity index (χ1) is 10.9. The van der Waals surface area contributed by atoms with Crippen LogP contribution in [0.3, 0.4) is 0 Å². The molecule has 1 atom stereocenters. The molecule has 0 aliphatic carbocycles. The molecule has 0 saturated heterocycles. The fourth-order valence-corrected chi connectivity index (χ4v) is 3.19. The van der Waals surface area contributed by atoms with Crippen LogP contribution in [0.5, 0.6) is 0 Å². The Labute approximate surface area is 147 Å². The smallest absolute Gasteiger partial charge is 0.187 e. The van der Waals surface area contributed by atoms with Gasteiger partial charge in [0, 0.05) is 17.5 Å². The number of nitrogens with two attached hydrogens (primary N) is 1. The highest BCUT2D eigenvalue weighted by Crippen LogP contribution is 2.45. The molecule has 0 fully saturated rings. The van der Waals surface area contributed by atoms with Gasteiger partial charge in [-0.25, -0.2) is 9.38 Å². The molecular weight excluding hydrogens is 381 g/mol. The van der Waals surface area contributed by atoms with E-state index < -0.39 is 5.00 Å². The SMILES string of the molecule is CC1=CC(=C2C=C(Br)C(N)=NC2(Cl)c2ccc(F)cc2)C=CN1. The third kappa shape index (κ3) is 2.99. The summed E-state index contributed by atoms with van der Waals surface area (Å²) in [6.45, 7) is 1.96. The Kier molecular flexibility index (Phi) is 4.17. The van der Waals surface area contributed by atoms with Crippen molar-refractivity contribution < 1.29 is 4.39 Å². The summed E-state index contributed by atoms with van der Waals surface area (Å²) in [4.78, 5) is 3.25. The number of nitrogens with one attached hydrogen (secondary N) is 1. The van der Waals surface area contributed by atoms with Crippen LogP contribution in [-0.4, -0.2) is 5.84 Å². The van der Waals surface area contributed by atoms with Gasteiger partial charge in [-0.1, -0.05) is 23.7 Å². The van der Waals surface area contributed by atoms with Gasteiger partial charge < -0.3 is 11.1 Å². The summed E-state index contributed by atoms with van der Waals surface area (Å²) in [6, 6.07) is 5.96. The van der Waals surface area contributed by atoms with E-state index in [0.717, 1.165) is 16.8 Å². The number of rotatable bonds is 1. The third-order valence-corrected chi connectivity index (χ3v) is 4.77. The lowest BCUT2D eigenvalue weighted by Crippen LogP contribution is -2.29. The van der Waals surface area contributed by atoms with E-state index in [0.29, 0.717) is 15.9 Å². The molecule has 3 rings (SSSR count). The first-order valence-electron chi connectivity index (χ1n) is 6.94. The summed E-state index contributed by atoms with van der Waals surface area (Å²) in [5.74, 6) is -0.0301. The largest absolute Gasteiger partial charge is 0.383 e. The van der Waals surface area contributed by atoms with Gasteiger partial charge in [-0.3, -0.25) is 0 Å². The van der Waals surface area contributed by atoms with Gasteiger partial charge in [-0.2, -0.15) is 0 Å². The minimum Gasteiger partial charge on any atom is -0.383 e. The maximum Gasteiger partial charge on any atom is 0.187 e. The van der Waals surface area contributed by atoms with Gasteiger partial charge in [0.2, 0.25) is 0 Å². The Morgan fingerprint density at radius 1 is 1.26 bits per heavy atom. The van der Waals surface area contributed by atoms with E-state index in [2.05, 4.69) is 26.2 Å². The molecule has 1 aromatic rings. The number of nitrogens with zero attached hydrogens (tertiary/aromatic N) is 1. The topological polar surface area (TPSA) is 50.4 Å². The number of aliphatic imine (C=N–C) groups is 1. The molecule has 2 heterocycles. The van der Waals surface area contributed by atoms with Crippen molar-refractivity contribution in [3.63, 3.8) is 0 Å². The Morgan fingerprint density at radius 3 is 2.61 bits per heavy atom. The van der Waals surface area contributed by atoms with E-state index in [9.17, 15) is 4.39 Å². The molecule has 0 aromatic heterocycles. The maximum absolute atomic E-state index is 13.3. The van der Waals surface area contributed by atoms with Crippen molar-refractivity contribution >= 4 is 33.4 Å². The summed E-state index contributed by atoms with van der Waals surface area (Å²) >= 11 is 10.3. The minimum absolute atomic E-state index is 0.298. The average molecular weight is 395 g/mol. The van der Waals surface area contributed by atoms with Crippen LogP contribution in [0.2, 0.25) is 0 Å². The number of amidine groups is 1. The third-order valence-electron chi connectivity index (χ3n) is 3.63. The molecule has 0 amide bonds. The molecule has 3 nitrogen and oxygen atoms in total. The number of hydrogen-bond acceptors (Lipinski definition) is 3. The van der Waals surface area contributed by atoms with E-state index in [1.54, 1.807) is 12.1 Å². The van der Waals surface area contributed by atoms with Gasteiger partial charge in [0.05, 0.1) is 4.48 Å². The Bertz CT molecular complexity index is 806. The van der Waals surface area contributed by atoms with Crippen molar-refractivity contribution in [2.75, 3.05) is 0 Å². The lowest BCUT2D eigenvalue weighted by molar-refractivity contribution is 0.625. The van der Waals surface area contributed by atoms with E-state index in [1.165, 1.54) is 12.1 Å². The van der Waals surface area contributed by atoms with Gasteiger partial charge in [-0.15, -0.1) is 0 Å². The molecule has 118 valence electrons. The number of hydrogen-bond donors (Lipinski definition) is 2. The van der Waals surface area contributed by atoms with Crippen LogP contribution < -0.4 is 11.1 Å². The number of halogens is 3. The van der Waals surface area contributed by atoms with Gasteiger partial charge in [-0.05, 0) is 64.4 Å². The van der Waals surface area contributed by atoms with E-state index >= 15 is 0 Å². The zero-order valence-corrected chi connectivity index (χ0v) is 14.6.